The molecule has 0 spiro atoms. The number of ether oxygens (including phenoxy) is 2. The van der Waals surface area contributed by atoms with Crippen LogP contribution >= 0.6 is 0 Å². The average Bonchev–Trinajstić information content (AvgIpc) is 3.06. The molecule has 0 aliphatic heterocycles. The molecular weight excluding hydrogens is 328 g/mol. The van der Waals surface area contributed by atoms with E-state index in [4.69, 9.17) is 15.2 Å². The van der Waals surface area contributed by atoms with E-state index in [1.807, 2.05) is 48.5 Å². The molecule has 6 heteroatoms. The number of nitrogens with two attached hydrogens (primary N) is 1. The van der Waals surface area contributed by atoms with E-state index in [9.17, 15) is 0 Å². The van der Waals surface area contributed by atoms with Gasteiger partial charge in [-0.15, -0.1) is 0 Å². The fourth-order valence-corrected chi connectivity index (χ4v) is 2.45. The molecule has 3 aromatic rings. The third-order valence-corrected chi connectivity index (χ3v) is 3.76. The first-order valence-corrected chi connectivity index (χ1v) is 8.46. The lowest BCUT2D eigenvalue weighted by Crippen LogP contribution is -1.99. The lowest BCUT2D eigenvalue weighted by atomic mass is 10.2. The molecule has 1 aromatic heterocycles. The molecule has 6 nitrogen and oxygen atoms in total. The SMILES string of the molecule is CCCOc1ccc(/C=N/n2cc(-c3ccccc3)nc2N)cc1OC. The topological polar surface area (TPSA) is 74.7 Å². The number of nitrogens with zero attached hydrogens (tertiary/aromatic N) is 3. The second kappa shape index (κ2) is 8.20. The van der Waals surface area contributed by atoms with Crippen LogP contribution in [0.3, 0.4) is 0 Å². The van der Waals surface area contributed by atoms with Crippen LogP contribution in [0, 0.1) is 0 Å². The van der Waals surface area contributed by atoms with Crippen molar-refractivity contribution in [3.05, 3.63) is 60.3 Å². The Labute approximate surface area is 152 Å². The first-order chi connectivity index (χ1) is 12.7. The molecule has 26 heavy (non-hydrogen) atoms. The highest BCUT2D eigenvalue weighted by molar-refractivity contribution is 5.81. The molecule has 0 bridgehead atoms. The Balaban J connectivity index is 1.81. The van der Waals surface area contributed by atoms with E-state index >= 15 is 0 Å². The molecular formula is C20H22N4O2. The van der Waals surface area contributed by atoms with Crippen LogP contribution in [0.2, 0.25) is 0 Å². The number of rotatable bonds is 7. The minimum absolute atomic E-state index is 0.329. The largest absolute Gasteiger partial charge is 0.493 e. The second-order valence-corrected chi connectivity index (χ2v) is 5.70. The second-order valence-electron chi connectivity index (χ2n) is 5.70. The first-order valence-electron chi connectivity index (χ1n) is 8.46. The van der Waals surface area contributed by atoms with Gasteiger partial charge in [-0.2, -0.15) is 5.10 Å². The highest BCUT2D eigenvalue weighted by Crippen LogP contribution is 2.27. The van der Waals surface area contributed by atoms with Gasteiger partial charge in [-0.25, -0.2) is 9.66 Å². The Morgan fingerprint density at radius 1 is 1.15 bits per heavy atom. The molecule has 0 aliphatic carbocycles. The van der Waals surface area contributed by atoms with Crippen molar-refractivity contribution in [1.82, 2.24) is 9.66 Å². The third kappa shape index (κ3) is 4.03. The summed E-state index contributed by atoms with van der Waals surface area (Å²) in [5, 5.41) is 4.40. The number of nitrogen functional groups attached to an aromatic ring is 1. The molecule has 2 aromatic carbocycles. The summed E-state index contributed by atoms with van der Waals surface area (Å²) in [4.78, 5) is 4.36. The van der Waals surface area contributed by atoms with Gasteiger partial charge in [0.05, 0.1) is 31.8 Å². The first kappa shape index (κ1) is 17.5. The van der Waals surface area contributed by atoms with Crippen molar-refractivity contribution >= 4 is 12.2 Å². The van der Waals surface area contributed by atoms with Crippen LogP contribution in [0.1, 0.15) is 18.9 Å². The van der Waals surface area contributed by atoms with E-state index in [1.165, 1.54) is 0 Å². The summed E-state index contributed by atoms with van der Waals surface area (Å²) in [5.74, 6) is 1.72. The zero-order chi connectivity index (χ0) is 18.4. The Morgan fingerprint density at radius 2 is 1.96 bits per heavy atom. The van der Waals surface area contributed by atoms with Gasteiger partial charge in [0, 0.05) is 5.56 Å². The number of methoxy groups -OCH3 is 1. The molecule has 0 radical (unpaired) electrons. The molecule has 1 heterocycles. The van der Waals surface area contributed by atoms with Crippen molar-refractivity contribution < 1.29 is 9.47 Å². The maximum absolute atomic E-state index is 5.97. The normalized spacial score (nSPS) is 11.0. The fourth-order valence-electron chi connectivity index (χ4n) is 2.45. The minimum Gasteiger partial charge on any atom is -0.493 e. The maximum Gasteiger partial charge on any atom is 0.221 e. The van der Waals surface area contributed by atoms with Crippen LogP contribution in [-0.4, -0.2) is 29.6 Å². The van der Waals surface area contributed by atoms with Crippen molar-refractivity contribution in [3.8, 4) is 22.8 Å². The van der Waals surface area contributed by atoms with Crippen LogP contribution in [-0.2, 0) is 0 Å². The standard InChI is InChI=1S/C20H22N4O2/c1-3-11-26-18-10-9-15(12-19(18)25-2)13-22-24-14-17(23-20(24)21)16-7-5-4-6-8-16/h4-10,12-14H,3,11H2,1-2H3,(H2,21,23)/b22-13+. The number of aromatic nitrogens is 2. The monoisotopic (exact) mass is 350 g/mol. The number of hydrogen-bond acceptors (Lipinski definition) is 5. The van der Waals surface area contributed by atoms with Crippen LogP contribution in [0.5, 0.6) is 11.5 Å². The number of hydrogen-bond donors (Lipinski definition) is 1. The number of benzene rings is 2. The number of imidazole rings is 1. The van der Waals surface area contributed by atoms with Gasteiger partial charge in [0.25, 0.3) is 0 Å². The number of anilines is 1. The molecule has 3 rings (SSSR count). The zero-order valence-corrected chi connectivity index (χ0v) is 14.9. The summed E-state index contributed by atoms with van der Waals surface area (Å²) in [6.45, 7) is 2.71. The van der Waals surface area contributed by atoms with Gasteiger partial charge in [-0.05, 0) is 30.2 Å². The van der Waals surface area contributed by atoms with E-state index in [0.717, 1.165) is 29.0 Å². The summed E-state index contributed by atoms with van der Waals surface area (Å²) in [5.41, 5.74) is 8.62. The molecule has 0 unspecified atom stereocenters. The molecule has 134 valence electrons. The molecule has 0 amide bonds. The summed E-state index contributed by atoms with van der Waals surface area (Å²) >= 11 is 0. The van der Waals surface area contributed by atoms with E-state index in [2.05, 4.69) is 17.0 Å². The summed E-state index contributed by atoms with van der Waals surface area (Å²) < 4.78 is 12.6. The van der Waals surface area contributed by atoms with E-state index in [1.54, 1.807) is 24.2 Å². The van der Waals surface area contributed by atoms with Crippen molar-refractivity contribution in [2.45, 2.75) is 13.3 Å². The lowest BCUT2D eigenvalue weighted by molar-refractivity contribution is 0.294. The Hall–Kier alpha value is -3.28. The fraction of sp³-hybridized carbons (Fsp3) is 0.200. The van der Waals surface area contributed by atoms with Gasteiger partial charge in [-0.3, -0.25) is 0 Å². The smallest absolute Gasteiger partial charge is 0.221 e. The Morgan fingerprint density at radius 3 is 2.69 bits per heavy atom. The lowest BCUT2D eigenvalue weighted by Gasteiger charge is -2.10. The van der Waals surface area contributed by atoms with Gasteiger partial charge < -0.3 is 15.2 Å². The van der Waals surface area contributed by atoms with Crippen LogP contribution < -0.4 is 15.2 Å². The van der Waals surface area contributed by atoms with Crippen LogP contribution in [0.15, 0.2) is 59.8 Å². The summed E-state index contributed by atoms with van der Waals surface area (Å²) in [6, 6.07) is 15.5. The molecule has 0 aliphatic rings. The van der Waals surface area contributed by atoms with Crippen LogP contribution in [0.25, 0.3) is 11.3 Å². The van der Waals surface area contributed by atoms with Gasteiger partial charge in [0.2, 0.25) is 5.95 Å². The summed E-state index contributed by atoms with van der Waals surface area (Å²) in [6.07, 6.45) is 4.45. The minimum atomic E-state index is 0.329. The van der Waals surface area contributed by atoms with Crippen molar-refractivity contribution in [1.29, 1.82) is 0 Å². The predicted octanol–water partition coefficient (Wildman–Crippen LogP) is 3.81. The van der Waals surface area contributed by atoms with E-state index in [0.29, 0.717) is 18.3 Å². The Kier molecular flexibility index (Phi) is 5.53. The molecule has 0 saturated carbocycles. The maximum atomic E-state index is 5.97. The van der Waals surface area contributed by atoms with Crippen molar-refractivity contribution in [2.24, 2.45) is 5.10 Å². The van der Waals surface area contributed by atoms with Crippen molar-refractivity contribution in [2.75, 3.05) is 19.5 Å². The third-order valence-electron chi connectivity index (χ3n) is 3.76. The van der Waals surface area contributed by atoms with Crippen LogP contribution in [0.4, 0.5) is 5.95 Å². The van der Waals surface area contributed by atoms with Gasteiger partial charge in [0.1, 0.15) is 0 Å². The van der Waals surface area contributed by atoms with Gasteiger partial charge >= 0.3 is 0 Å². The van der Waals surface area contributed by atoms with E-state index in [-0.39, 0.29) is 0 Å². The highest BCUT2D eigenvalue weighted by Gasteiger charge is 2.07. The zero-order valence-electron chi connectivity index (χ0n) is 14.9. The predicted molar refractivity (Wildman–Crippen MR) is 104 cm³/mol. The van der Waals surface area contributed by atoms with E-state index < -0.39 is 0 Å². The average molecular weight is 350 g/mol. The quantitative estimate of drug-likeness (QED) is 0.658. The highest BCUT2D eigenvalue weighted by atomic mass is 16.5. The summed E-state index contributed by atoms with van der Waals surface area (Å²) in [7, 11) is 1.62. The molecule has 0 saturated heterocycles. The molecule has 0 fully saturated rings. The van der Waals surface area contributed by atoms with Crippen molar-refractivity contribution in [3.63, 3.8) is 0 Å². The van der Waals surface area contributed by atoms with Gasteiger partial charge in [0.15, 0.2) is 11.5 Å². The Bertz CT molecular complexity index is 888. The molecule has 0 atom stereocenters. The van der Waals surface area contributed by atoms with Gasteiger partial charge in [-0.1, -0.05) is 37.3 Å². The molecule has 2 N–H and O–H groups in total.